The topological polar surface area (TPSA) is 90.5 Å². The Labute approximate surface area is 126 Å². The van der Waals surface area contributed by atoms with Gasteiger partial charge in [0, 0.05) is 17.5 Å². The molecule has 0 saturated carbocycles. The number of carboxylic acids is 1. The largest absolute Gasteiger partial charge is 0.480 e. The third kappa shape index (κ3) is 2.97. The second-order valence-electron chi connectivity index (χ2n) is 5.39. The summed E-state index contributed by atoms with van der Waals surface area (Å²) in [5, 5.41) is 9.12. The van der Waals surface area contributed by atoms with Crippen LogP contribution < -0.4 is 0 Å². The lowest BCUT2D eigenvalue weighted by molar-refractivity contribution is -0.141. The number of H-pyrrole nitrogens is 1. The average Bonchev–Trinajstić information content (AvgIpc) is 3.04. The van der Waals surface area contributed by atoms with Crippen LogP contribution in [0.5, 0.6) is 0 Å². The molecule has 21 heavy (non-hydrogen) atoms. The average molecular weight is 310 g/mol. The fraction of sp³-hybridized carbons (Fsp3) is 0.500. The highest BCUT2D eigenvalue weighted by molar-refractivity contribution is 8.00. The van der Waals surface area contributed by atoms with Crippen molar-refractivity contribution in [2.75, 3.05) is 5.75 Å². The summed E-state index contributed by atoms with van der Waals surface area (Å²) in [6, 6.07) is 0.642. The molecule has 7 heteroatoms. The van der Waals surface area contributed by atoms with Gasteiger partial charge in [-0.05, 0) is 18.9 Å². The summed E-state index contributed by atoms with van der Waals surface area (Å²) in [4.78, 5) is 39.5. The van der Waals surface area contributed by atoms with Gasteiger partial charge in [0.2, 0.25) is 0 Å². The van der Waals surface area contributed by atoms with Crippen LogP contribution in [0.15, 0.2) is 12.3 Å². The summed E-state index contributed by atoms with van der Waals surface area (Å²) in [5.74, 6) is -0.998. The van der Waals surface area contributed by atoms with Crippen LogP contribution in [0.3, 0.4) is 0 Å². The fourth-order valence-corrected chi connectivity index (χ4v) is 3.82. The van der Waals surface area contributed by atoms with E-state index < -0.39 is 12.0 Å². The van der Waals surface area contributed by atoms with E-state index in [-0.39, 0.29) is 28.7 Å². The minimum atomic E-state index is -1.00. The Morgan fingerprint density at radius 3 is 2.57 bits per heavy atom. The first-order valence-corrected chi connectivity index (χ1v) is 7.74. The number of hydrogen-bond donors (Lipinski definition) is 2. The van der Waals surface area contributed by atoms with Crippen LogP contribution in [0, 0.1) is 5.92 Å². The molecule has 0 aromatic carbocycles. The number of aromatic amines is 1. The van der Waals surface area contributed by atoms with E-state index in [1.54, 1.807) is 0 Å². The third-order valence-electron chi connectivity index (χ3n) is 3.44. The summed E-state index contributed by atoms with van der Waals surface area (Å²) in [6.45, 7) is 5.33. The highest BCUT2D eigenvalue weighted by atomic mass is 32.2. The van der Waals surface area contributed by atoms with Gasteiger partial charge in [-0.3, -0.25) is 9.59 Å². The maximum atomic E-state index is 12.6. The van der Waals surface area contributed by atoms with E-state index in [0.717, 1.165) is 0 Å². The number of ketones is 1. The SMILES string of the molecule is CC(=O)c1c[nH]c(C(=O)N2C(C(=O)O)CSC2C(C)C)c1. The first-order valence-electron chi connectivity index (χ1n) is 6.69. The number of carbonyl (C=O) groups excluding carboxylic acids is 2. The van der Waals surface area contributed by atoms with Gasteiger partial charge in [0.25, 0.3) is 5.91 Å². The maximum Gasteiger partial charge on any atom is 0.327 e. The molecule has 2 N–H and O–H groups in total. The summed E-state index contributed by atoms with van der Waals surface area (Å²) in [6.07, 6.45) is 1.47. The number of thioether (sulfide) groups is 1. The second-order valence-corrected chi connectivity index (χ2v) is 6.54. The Balaban J connectivity index is 2.31. The number of Topliss-reactive ketones (excluding diaryl/α,β-unsaturated/α-hetero) is 1. The van der Waals surface area contributed by atoms with Crippen molar-refractivity contribution in [2.24, 2.45) is 5.92 Å². The molecule has 2 rings (SSSR count). The molecule has 2 unspecified atom stereocenters. The monoisotopic (exact) mass is 310 g/mol. The zero-order valence-electron chi connectivity index (χ0n) is 12.1. The van der Waals surface area contributed by atoms with E-state index in [9.17, 15) is 19.5 Å². The lowest BCUT2D eigenvalue weighted by atomic mass is 10.1. The summed E-state index contributed by atoms with van der Waals surface area (Å²) in [7, 11) is 0. The first-order chi connectivity index (χ1) is 9.82. The Morgan fingerprint density at radius 2 is 2.10 bits per heavy atom. The van der Waals surface area contributed by atoms with Gasteiger partial charge < -0.3 is 15.0 Å². The van der Waals surface area contributed by atoms with Crippen molar-refractivity contribution < 1.29 is 19.5 Å². The van der Waals surface area contributed by atoms with Crippen LogP contribution in [0.4, 0.5) is 0 Å². The van der Waals surface area contributed by atoms with Gasteiger partial charge in [-0.25, -0.2) is 4.79 Å². The van der Waals surface area contributed by atoms with E-state index in [0.29, 0.717) is 11.3 Å². The quantitative estimate of drug-likeness (QED) is 0.828. The van der Waals surface area contributed by atoms with E-state index in [1.165, 1.54) is 35.8 Å². The minimum Gasteiger partial charge on any atom is -0.480 e. The van der Waals surface area contributed by atoms with Crippen LogP contribution in [-0.4, -0.2) is 49.8 Å². The third-order valence-corrected chi connectivity index (χ3v) is 5.07. The molecule has 0 spiro atoms. The Kier molecular flexibility index (Phi) is 4.41. The number of nitrogens with one attached hydrogen (secondary N) is 1. The van der Waals surface area contributed by atoms with Crippen LogP contribution in [0.25, 0.3) is 0 Å². The van der Waals surface area contributed by atoms with E-state index in [1.807, 2.05) is 13.8 Å². The zero-order chi connectivity index (χ0) is 15.7. The molecule has 2 heterocycles. The van der Waals surface area contributed by atoms with Gasteiger partial charge in [0.05, 0.1) is 5.37 Å². The number of carbonyl (C=O) groups is 3. The van der Waals surface area contributed by atoms with Crippen molar-refractivity contribution in [2.45, 2.75) is 32.2 Å². The highest BCUT2D eigenvalue weighted by Gasteiger charge is 2.43. The van der Waals surface area contributed by atoms with Crippen molar-refractivity contribution in [1.82, 2.24) is 9.88 Å². The van der Waals surface area contributed by atoms with Gasteiger partial charge in [-0.2, -0.15) is 0 Å². The van der Waals surface area contributed by atoms with Gasteiger partial charge in [0.15, 0.2) is 5.78 Å². The predicted octanol–water partition coefficient (Wildman–Crippen LogP) is 1.84. The summed E-state index contributed by atoms with van der Waals surface area (Å²) in [5.41, 5.74) is 0.665. The molecular formula is C14H18N2O4S. The molecule has 6 nitrogen and oxygen atoms in total. The van der Waals surface area contributed by atoms with Gasteiger partial charge in [-0.15, -0.1) is 11.8 Å². The van der Waals surface area contributed by atoms with Crippen LogP contribution >= 0.6 is 11.8 Å². The molecular weight excluding hydrogens is 292 g/mol. The standard InChI is InChI=1S/C14H18N2O4S/c1-7(2)13-16(11(6-21-13)14(19)20)12(18)10-4-9(5-15-10)8(3)17/h4-5,7,11,13,15H,6H2,1-3H3,(H,19,20). The van der Waals surface area contributed by atoms with Gasteiger partial charge in [0.1, 0.15) is 11.7 Å². The Morgan fingerprint density at radius 1 is 1.43 bits per heavy atom. The molecule has 1 aromatic rings. The van der Waals surface area contributed by atoms with Crippen LogP contribution in [0.2, 0.25) is 0 Å². The molecule has 1 amide bonds. The summed E-state index contributed by atoms with van der Waals surface area (Å²) >= 11 is 1.47. The highest BCUT2D eigenvalue weighted by Crippen LogP contribution is 2.35. The van der Waals surface area contributed by atoms with E-state index in [4.69, 9.17) is 0 Å². The molecule has 1 aliphatic rings. The number of hydrogen-bond acceptors (Lipinski definition) is 4. The number of aliphatic carboxylic acids is 1. The Bertz CT molecular complexity index is 581. The van der Waals surface area contributed by atoms with Gasteiger partial charge in [-0.1, -0.05) is 13.8 Å². The molecule has 1 saturated heterocycles. The lowest BCUT2D eigenvalue weighted by Gasteiger charge is -2.29. The molecule has 2 atom stereocenters. The van der Waals surface area contributed by atoms with Crippen LogP contribution in [0.1, 0.15) is 41.6 Å². The lowest BCUT2D eigenvalue weighted by Crippen LogP contribution is -2.47. The number of carboxylic acid groups (broad SMARTS) is 1. The van der Waals surface area contributed by atoms with Crippen molar-refractivity contribution in [1.29, 1.82) is 0 Å². The summed E-state index contributed by atoms with van der Waals surface area (Å²) < 4.78 is 0. The zero-order valence-corrected chi connectivity index (χ0v) is 12.9. The molecule has 1 aromatic heterocycles. The van der Waals surface area contributed by atoms with Crippen molar-refractivity contribution in [3.05, 3.63) is 23.5 Å². The van der Waals surface area contributed by atoms with Crippen LogP contribution in [-0.2, 0) is 4.79 Å². The number of nitrogens with zero attached hydrogens (tertiary/aromatic N) is 1. The van der Waals surface area contributed by atoms with Crippen molar-refractivity contribution >= 4 is 29.4 Å². The number of rotatable bonds is 4. The fourth-order valence-electron chi connectivity index (χ4n) is 2.35. The normalized spacial score (nSPS) is 21.8. The molecule has 0 aliphatic carbocycles. The van der Waals surface area contributed by atoms with Crippen molar-refractivity contribution in [3.63, 3.8) is 0 Å². The number of aromatic nitrogens is 1. The Hall–Kier alpha value is -1.76. The smallest absolute Gasteiger partial charge is 0.327 e. The molecule has 1 aliphatic heterocycles. The molecule has 114 valence electrons. The maximum absolute atomic E-state index is 12.6. The van der Waals surface area contributed by atoms with E-state index >= 15 is 0 Å². The molecule has 0 radical (unpaired) electrons. The molecule has 1 fully saturated rings. The molecule has 0 bridgehead atoms. The van der Waals surface area contributed by atoms with E-state index in [2.05, 4.69) is 4.98 Å². The van der Waals surface area contributed by atoms with Gasteiger partial charge >= 0.3 is 5.97 Å². The first kappa shape index (κ1) is 15.6. The predicted molar refractivity (Wildman–Crippen MR) is 79.5 cm³/mol. The minimum absolute atomic E-state index is 0.142. The second kappa shape index (κ2) is 5.93. The van der Waals surface area contributed by atoms with Crippen molar-refractivity contribution in [3.8, 4) is 0 Å². The number of amides is 1.